The van der Waals surface area contributed by atoms with Gasteiger partial charge >= 0.3 is 0 Å². The molecule has 0 aliphatic carbocycles. The van der Waals surface area contributed by atoms with E-state index < -0.39 is 0 Å². The van der Waals surface area contributed by atoms with Crippen molar-refractivity contribution in [2.24, 2.45) is 16.8 Å². The first-order valence-corrected chi connectivity index (χ1v) is 6.64. The molecule has 0 saturated carbocycles. The number of benzene rings is 1. The van der Waals surface area contributed by atoms with Gasteiger partial charge in [-0.15, -0.1) is 0 Å². The minimum absolute atomic E-state index is 0.0703. The first-order chi connectivity index (χ1) is 9.54. The third kappa shape index (κ3) is 5.46. The molecular weight excluding hydrogens is 258 g/mol. The number of amidine groups is 1. The van der Waals surface area contributed by atoms with E-state index in [9.17, 15) is 5.11 Å². The number of nitrogens with one attached hydrogen (secondary N) is 1. The molecule has 0 bridgehead atoms. The SMILES string of the molecule is CC(C)C(O)CNCCOc1ccc(/C(N)=N/O)cc1. The molecule has 1 aromatic rings. The van der Waals surface area contributed by atoms with Crippen LogP contribution in [0.3, 0.4) is 0 Å². The lowest BCUT2D eigenvalue weighted by Gasteiger charge is -2.15. The Balaban J connectivity index is 2.26. The summed E-state index contributed by atoms with van der Waals surface area (Å²) in [5.41, 5.74) is 6.10. The maximum atomic E-state index is 9.60. The molecule has 6 nitrogen and oxygen atoms in total. The molecule has 5 N–H and O–H groups in total. The summed E-state index contributed by atoms with van der Waals surface area (Å²) in [6, 6.07) is 6.97. The van der Waals surface area contributed by atoms with E-state index in [1.165, 1.54) is 0 Å². The molecule has 0 aliphatic rings. The Morgan fingerprint density at radius 1 is 1.35 bits per heavy atom. The predicted octanol–water partition coefficient (Wildman–Crippen LogP) is 0.766. The van der Waals surface area contributed by atoms with Gasteiger partial charge in [-0.2, -0.15) is 0 Å². The van der Waals surface area contributed by atoms with Crippen molar-refractivity contribution in [1.29, 1.82) is 0 Å². The largest absolute Gasteiger partial charge is 0.492 e. The number of rotatable bonds is 8. The van der Waals surface area contributed by atoms with E-state index in [-0.39, 0.29) is 17.9 Å². The average Bonchev–Trinajstić information content (AvgIpc) is 2.46. The van der Waals surface area contributed by atoms with E-state index in [1.54, 1.807) is 24.3 Å². The smallest absolute Gasteiger partial charge is 0.170 e. The van der Waals surface area contributed by atoms with E-state index in [0.29, 0.717) is 31.0 Å². The molecule has 6 heteroatoms. The molecule has 0 heterocycles. The topological polar surface area (TPSA) is 100 Å². The summed E-state index contributed by atoms with van der Waals surface area (Å²) in [5.74, 6) is 1.03. The third-order valence-corrected chi connectivity index (χ3v) is 2.93. The van der Waals surface area contributed by atoms with Crippen LogP contribution in [0.2, 0.25) is 0 Å². The lowest BCUT2D eigenvalue weighted by Crippen LogP contribution is -2.33. The number of nitrogens with two attached hydrogens (primary N) is 1. The number of aliphatic hydroxyl groups excluding tert-OH is 1. The molecule has 112 valence electrons. The second-order valence-corrected chi connectivity index (χ2v) is 4.87. The zero-order valence-electron chi connectivity index (χ0n) is 11.9. The van der Waals surface area contributed by atoms with Crippen molar-refractivity contribution in [3.63, 3.8) is 0 Å². The summed E-state index contributed by atoms with van der Waals surface area (Å²) in [5, 5.41) is 24.2. The second kappa shape index (κ2) is 8.39. The van der Waals surface area contributed by atoms with Crippen LogP contribution in [0.1, 0.15) is 19.4 Å². The van der Waals surface area contributed by atoms with Crippen molar-refractivity contribution in [2.75, 3.05) is 19.7 Å². The van der Waals surface area contributed by atoms with Crippen LogP contribution >= 0.6 is 0 Å². The number of aliphatic hydroxyl groups is 1. The first-order valence-electron chi connectivity index (χ1n) is 6.64. The van der Waals surface area contributed by atoms with Crippen LogP contribution in [0, 0.1) is 5.92 Å². The molecule has 0 saturated heterocycles. The monoisotopic (exact) mass is 281 g/mol. The number of hydrogen-bond donors (Lipinski definition) is 4. The molecule has 1 aromatic carbocycles. The number of ether oxygens (including phenoxy) is 1. The first kappa shape index (κ1) is 16.3. The molecule has 0 aliphatic heterocycles. The maximum Gasteiger partial charge on any atom is 0.170 e. The van der Waals surface area contributed by atoms with Gasteiger partial charge in [0.2, 0.25) is 0 Å². The summed E-state index contributed by atoms with van der Waals surface area (Å²) < 4.78 is 5.53. The van der Waals surface area contributed by atoms with Crippen LogP contribution in [0.5, 0.6) is 5.75 Å². The Hall–Kier alpha value is -1.79. The Labute approximate surface area is 119 Å². The molecule has 0 spiro atoms. The fraction of sp³-hybridized carbons (Fsp3) is 0.500. The van der Waals surface area contributed by atoms with Crippen LogP contribution in [0.25, 0.3) is 0 Å². The summed E-state index contributed by atoms with van der Waals surface area (Å²) in [6.45, 7) is 5.68. The molecule has 1 atom stereocenters. The summed E-state index contributed by atoms with van der Waals surface area (Å²) in [4.78, 5) is 0. The van der Waals surface area contributed by atoms with Gasteiger partial charge in [0.1, 0.15) is 12.4 Å². The van der Waals surface area contributed by atoms with Gasteiger partial charge in [-0.05, 0) is 30.2 Å². The summed E-state index contributed by atoms with van der Waals surface area (Å²) >= 11 is 0. The van der Waals surface area contributed by atoms with E-state index in [1.807, 2.05) is 13.8 Å². The highest BCUT2D eigenvalue weighted by Crippen LogP contribution is 2.11. The lowest BCUT2D eigenvalue weighted by molar-refractivity contribution is 0.122. The Morgan fingerprint density at radius 3 is 2.55 bits per heavy atom. The maximum absolute atomic E-state index is 9.60. The van der Waals surface area contributed by atoms with E-state index in [0.717, 1.165) is 0 Å². The molecule has 1 unspecified atom stereocenters. The van der Waals surface area contributed by atoms with Gasteiger partial charge in [0.15, 0.2) is 5.84 Å². The van der Waals surface area contributed by atoms with E-state index in [4.69, 9.17) is 15.7 Å². The van der Waals surface area contributed by atoms with Gasteiger partial charge in [0.05, 0.1) is 6.10 Å². The Bertz CT molecular complexity index is 418. The average molecular weight is 281 g/mol. The Morgan fingerprint density at radius 2 is 2.00 bits per heavy atom. The van der Waals surface area contributed by atoms with Crippen molar-refractivity contribution in [3.05, 3.63) is 29.8 Å². The van der Waals surface area contributed by atoms with Crippen LogP contribution < -0.4 is 15.8 Å². The minimum Gasteiger partial charge on any atom is -0.492 e. The number of nitrogens with zero attached hydrogens (tertiary/aromatic N) is 1. The van der Waals surface area contributed by atoms with Gasteiger partial charge in [0.25, 0.3) is 0 Å². The third-order valence-electron chi connectivity index (χ3n) is 2.93. The van der Waals surface area contributed by atoms with Crippen LogP contribution in [0.4, 0.5) is 0 Å². The molecular formula is C14H23N3O3. The Kier molecular flexibility index (Phi) is 6.83. The van der Waals surface area contributed by atoms with E-state index >= 15 is 0 Å². The minimum atomic E-state index is -0.338. The van der Waals surface area contributed by atoms with E-state index in [2.05, 4.69) is 10.5 Å². The predicted molar refractivity (Wildman–Crippen MR) is 78.2 cm³/mol. The zero-order valence-corrected chi connectivity index (χ0v) is 11.9. The molecule has 0 aromatic heterocycles. The van der Waals surface area contributed by atoms with Crippen molar-refractivity contribution < 1.29 is 15.1 Å². The summed E-state index contributed by atoms with van der Waals surface area (Å²) in [6.07, 6.45) is -0.338. The second-order valence-electron chi connectivity index (χ2n) is 4.87. The van der Waals surface area contributed by atoms with Crippen LogP contribution in [-0.2, 0) is 0 Å². The quantitative estimate of drug-likeness (QED) is 0.185. The molecule has 0 fully saturated rings. The van der Waals surface area contributed by atoms with Gasteiger partial charge in [-0.1, -0.05) is 19.0 Å². The molecule has 20 heavy (non-hydrogen) atoms. The van der Waals surface area contributed by atoms with Gasteiger partial charge < -0.3 is 26.1 Å². The van der Waals surface area contributed by atoms with Crippen molar-refractivity contribution >= 4 is 5.84 Å². The van der Waals surface area contributed by atoms with Crippen molar-refractivity contribution in [3.8, 4) is 5.75 Å². The highest BCUT2D eigenvalue weighted by Gasteiger charge is 2.07. The number of hydrogen-bond acceptors (Lipinski definition) is 5. The molecule has 0 radical (unpaired) electrons. The highest BCUT2D eigenvalue weighted by molar-refractivity contribution is 5.97. The highest BCUT2D eigenvalue weighted by atomic mass is 16.5. The zero-order chi connectivity index (χ0) is 15.0. The molecule has 0 amide bonds. The fourth-order valence-corrected chi connectivity index (χ4v) is 1.51. The lowest BCUT2D eigenvalue weighted by atomic mass is 10.1. The van der Waals surface area contributed by atoms with Gasteiger partial charge in [-0.25, -0.2) is 0 Å². The molecule has 1 rings (SSSR count). The van der Waals surface area contributed by atoms with Crippen LogP contribution in [0.15, 0.2) is 29.4 Å². The summed E-state index contributed by atoms with van der Waals surface area (Å²) in [7, 11) is 0. The normalized spacial score (nSPS) is 13.5. The van der Waals surface area contributed by atoms with Crippen molar-refractivity contribution in [1.82, 2.24) is 5.32 Å². The van der Waals surface area contributed by atoms with Gasteiger partial charge in [-0.3, -0.25) is 0 Å². The fourth-order valence-electron chi connectivity index (χ4n) is 1.51. The van der Waals surface area contributed by atoms with Crippen LogP contribution in [-0.4, -0.2) is 41.9 Å². The van der Waals surface area contributed by atoms with Gasteiger partial charge in [0, 0.05) is 18.7 Å². The number of oxime groups is 1. The standard InChI is InChI=1S/C14H23N3O3/c1-10(2)13(18)9-16-7-8-20-12-5-3-11(4-6-12)14(15)17-19/h3-6,10,13,16,18-19H,7-9H2,1-2H3,(H2,15,17). The van der Waals surface area contributed by atoms with Crippen molar-refractivity contribution in [2.45, 2.75) is 20.0 Å².